The van der Waals surface area contributed by atoms with E-state index in [1.54, 1.807) is 12.1 Å². The molecule has 0 aliphatic carbocycles. The minimum atomic E-state index is -0.0937. The summed E-state index contributed by atoms with van der Waals surface area (Å²) < 4.78 is 22.5. The molecule has 0 radical (unpaired) electrons. The van der Waals surface area contributed by atoms with Gasteiger partial charge < -0.3 is 24.3 Å². The second-order valence-electron chi connectivity index (χ2n) is 8.64. The first-order valence-electron chi connectivity index (χ1n) is 13.0. The van der Waals surface area contributed by atoms with Crippen LogP contribution < -0.4 is 14.8 Å². The van der Waals surface area contributed by atoms with Gasteiger partial charge in [-0.1, -0.05) is 57.6 Å². The molecule has 0 aliphatic rings. The average molecular weight is 486 g/mol. The zero-order valence-electron chi connectivity index (χ0n) is 21.6. The highest BCUT2D eigenvalue weighted by Gasteiger charge is 1.99. The van der Waals surface area contributed by atoms with Gasteiger partial charge in [0, 0.05) is 12.6 Å². The van der Waals surface area contributed by atoms with Crippen molar-refractivity contribution in [3.63, 3.8) is 0 Å². The molecule has 35 heavy (non-hydrogen) atoms. The molecular weight excluding hydrogens is 442 g/mol. The van der Waals surface area contributed by atoms with Crippen molar-refractivity contribution in [2.24, 2.45) is 0 Å². The first-order chi connectivity index (χ1) is 17.2. The summed E-state index contributed by atoms with van der Waals surface area (Å²) in [5, 5.41) is 2.72. The van der Waals surface area contributed by atoms with Crippen molar-refractivity contribution in [1.82, 2.24) is 0 Å². The Kier molecular flexibility index (Phi) is 15.3. The molecule has 0 saturated heterocycles. The van der Waals surface area contributed by atoms with Crippen LogP contribution in [0.1, 0.15) is 64.4 Å². The van der Waals surface area contributed by atoms with Crippen LogP contribution in [0, 0.1) is 0 Å². The van der Waals surface area contributed by atoms with Crippen LogP contribution in [0.4, 0.5) is 5.69 Å². The van der Waals surface area contributed by atoms with Crippen LogP contribution in [-0.4, -0.2) is 45.5 Å². The van der Waals surface area contributed by atoms with Gasteiger partial charge in [-0.05, 0) is 54.8 Å². The number of carbonyl (C=O) groups excluding carboxylic acids is 1. The van der Waals surface area contributed by atoms with Crippen molar-refractivity contribution in [3.8, 4) is 11.5 Å². The monoisotopic (exact) mass is 485 g/mol. The fourth-order valence-electron chi connectivity index (χ4n) is 3.64. The van der Waals surface area contributed by atoms with Crippen molar-refractivity contribution in [3.05, 3.63) is 54.1 Å². The molecule has 0 unspecified atom stereocenters. The number of nitrogens with one attached hydrogen (secondary N) is 1. The van der Waals surface area contributed by atoms with E-state index >= 15 is 0 Å². The number of carbonyl (C=O) groups is 1. The number of rotatable bonds is 20. The Balaban J connectivity index is 1.40. The second-order valence-corrected chi connectivity index (χ2v) is 8.64. The van der Waals surface area contributed by atoms with Gasteiger partial charge in [0.05, 0.1) is 26.4 Å². The van der Waals surface area contributed by atoms with E-state index in [4.69, 9.17) is 18.9 Å². The largest absolute Gasteiger partial charge is 0.491 e. The van der Waals surface area contributed by atoms with Gasteiger partial charge in [0.2, 0.25) is 5.91 Å². The van der Waals surface area contributed by atoms with Crippen molar-refractivity contribution in [1.29, 1.82) is 0 Å². The molecule has 0 aromatic heterocycles. The lowest BCUT2D eigenvalue weighted by atomic mass is 10.0. The van der Waals surface area contributed by atoms with Crippen LogP contribution in [0.5, 0.6) is 11.5 Å². The first kappa shape index (κ1) is 28.7. The standard InChI is InChI=1S/C29H43NO5/c1-3-4-5-6-7-8-9-10-26-11-15-28(16-12-26)34-23-21-32-19-20-33-22-24-35-29-17-13-27(14-18-29)30-25(2)31/h11-18H,3-10,19-24H2,1-2H3,(H,30,31). The second kappa shape index (κ2) is 18.7. The Labute approximate surface area is 211 Å². The molecule has 0 fully saturated rings. The number of aryl methyl sites for hydroxylation is 1. The summed E-state index contributed by atoms with van der Waals surface area (Å²) in [6, 6.07) is 15.7. The highest BCUT2D eigenvalue weighted by Crippen LogP contribution is 2.16. The molecule has 2 aromatic rings. The van der Waals surface area contributed by atoms with E-state index in [0.29, 0.717) is 39.6 Å². The lowest BCUT2D eigenvalue weighted by Crippen LogP contribution is -2.13. The molecule has 1 N–H and O–H groups in total. The van der Waals surface area contributed by atoms with Gasteiger partial charge in [0.25, 0.3) is 0 Å². The van der Waals surface area contributed by atoms with Gasteiger partial charge in [-0.3, -0.25) is 4.79 Å². The number of amides is 1. The molecule has 0 atom stereocenters. The number of ether oxygens (including phenoxy) is 4. The maximum atomic E-state index is 11.0. The zero-order valence-corrected chi connectivity index (χ0v) is 21.6. The van der Waals surface area contributed by atoms with Gasteiger partial charge >= 0.3 is 0 Å². The van der Waals surface area contributed by atoms with E-state index in [1.807, 2.05) is 24.3 Å². The Morgan fingerprint density at radius 2 is 1.14 bits per heavy atom. The van der Waals surface area contributed by atoms with Crippen molar-refractivity contribution in [2.75, 3.05) is 45.0 Å². The lowest BCUT2D eigenvalue weighted by molar-refractivity contribution is -0.114. The van der Waals surface area contributed by atoms with Crippen LogP contribution in [0.15, 0.2) is 48.5 Å². The highest BCUT2D eigenvalue weighted by atomic mass is 16.6. The van der Waals surface area contributed by atoms with Crippen LogP contribution in [-0.2, 0) is 20.7 Å². The number of hydrogen-bond donors (Lipinski definition) is 1. The van der Waals surface area contributed by atoms with E-state index in [9.17, 15) is 4.79 Å². The number of unbranched alkanes of at least 4 members (excludes halogenated alkanes) is 6. The molecule has 194 valence electrons. The van der Waals surface area contributed by atoms with Crippen molar-refractivity contribution >= 4 is 11.6 Å². The quantitative estimate of drug-likeness (QED) is 0.219. The van der Waals surface area contributed by atoms with E-state index in [2.05, 4.69) is 24.4 Å². The first-order valence-corrected chi connectivity index (χ1v) is 13.0. The third-order valence-corrected chi connectivity index (χ3v) is 5.53. The van der Waals surface area contributed by atoms with Gasteiger partial charge in [0.1, 0.15) is 24.7 Å². The van der Waals surface area contributed by atoms with E-state index in [0.717, 1.165) is 23.6 Å². The summed E-state index contributed by atoms with van der Waals surface area (Å²) in [5.41, 5.74) is 2.13. The summed E-state index contributed by atoms with van der Waals surface area (Å²) in [4.78, 5) is 11.0. The summed E-state index contributed by atoms with van der Waals surface area (Å²) >= 11 is 0. The molecule has 6 heteroatoms. The zero-order chi connectivity index (χ0) is 25.0. The summed E-state index contributed by atoms with van der Waals surface area (Å²) in [5.74, 6) is 1.53. The van der Waals surface area contributed by atoms with Gasteiger partial charge in [-0.2, -0.15) is 0 Å². The molecule has 2 aromatic carbocycles. The van der Waals surface area contributed by atoms with Crippen LogP contribution >= 0.6 is 0 Å². The van der Waals surface area contributed by atoms with Crippen molar-refractivity contribution in [2.45, 2.75) is 65.2 Å². The van der Waals surface area contributed by atoms with Gasteiger partial charge in [-0.15, -0.1) is 0 Å². The van der Waals surface area contributed by atoms with Gasteiger partial charge in [-0.25, -0.2) is 0 Å². The van der Waals surface area contributed by atoms with E-state index < -0.39 is 0 Å². The molecule has 0 aliphatic heterocycles. The van der Waals surface area contributed by atoms with E-state index in [-0.39, 0.29) is 5.91 Å². The summed E-state index contributed by atoms with van der Waals surface area (Å²) in [7, 11) is 0. The summed E-state index contributed by atoms with van der Waals surface area (Å²) in [6.07, 6.45) is 10.5. The molecule has 6 nitrogen and oxygen atoms in total. The topological polar surface area (TPSA) is 66.0 Å². The maximum absolute atomic E-state index is 11.0. The minimum Gasteiger partial charge on any atom is -0.491 e. The Morgan fingerprint density at radius 3 is 1.69 bits per heavy atom. The highest BCUT2D eigenvalue weighted by molar-refractivity contribution is 5.88. The predicted octanol–water partition coefficient (Wildman–Crippen LogP) is 6.43. The fourth-order valence-corrected chi connectivity index (χ4v) is 3.64. The normalized spacial score (nSPS) is 10.8. The summed E-state index contributed by atoms with van der Waals surface area (Å²) in [6.45, 7) is 6.76. The maximum Gasteiger partial charge on any atom is 0.221 e. The van der Waals surface area contributed by atoms with Gasteiger partial charge in [0.15, 0.2) is 0 Å². The molecular formula is C29H43NO5. The number of anilines is 1. The minimum absolute atomic E-state index is 0.0937. The molecule has 2 rings (SSSR count). The third-order valence-electron chi connectivity index (χ3n) is 5.53. The smallest absolute Gasteiger partial charge is 0.221 e. The molecule has 0 heterocycles. The van der Waals surface area contributed by atoms with Crippen molar-refractivity contribution < 1.29 is 23.7 Å². The van der Waals surface area contributed by atoms with Crippen LogP contribution in [0.25, 0.3) is 0 Å². The Morgan fingerprint density at radius 1 is 0.657 bits per heavy atom. The Hall–Kier alpha value is -2.57. The molecule has 0 bridgehead atoms. The number of hydrogen-bond acceptors (Lipinski definition) is 5. The molecule has 0 saturated carbocycles. The lowest BCUT2D eigenvalue weighted by Gasteiger charge is -2.10. The third kappa shape index (κ3) is 14.4. The number of benzene rings is 2. The van der Waals surface area contributed by atoms with Crippen LogP contribution in [0.2, 0.25) is 0 Å². The van der Waals surface area contributed by atoms with Crippen LogP contribution in [0.3, 0.4) is 0 Å². The Bertz CT molecular complexity index is 792. The average Bonchev–Trinajstić information content (AvgIpc) is 2.86. The SMILES string of the molecule is CCCCCCCCCc1ccc(OCCOCCOCCOc2ccc(NC(C)=O)cc2)cc1. The molecule has 0 spiro atoms. The predicted molar refractivity (Wildman–Crippen MR) is 142 cm³/mol. The fraction of sp³-hybridized carbons (Fsp3) is 0.552. The van der Waals surface area contributed by atoms with E-state index in [1.165, 1.54) is 57.4 Å². The molecule has 1 amide bonds.